The highest BCUT2D eigenvalue weighted by Gasteiger charge is 2.35. The Morgan fingerprint density at radius 3 is 2.69 bits per heavy atom. The summed E-state index contributed by atoms with van der Waals surface area (Å²) >= 11 is 0. The predicted molar refractivity (Wildman–Crippen MR) is 90.6 cm³/mol. The van der Waals surface area contributed by atoms with Crippen LogP contribution in [-0.4, -0.2) is 44.5 Å². The lowest BCUT2D eigenvalue weighted by atomic mass is 10.2. The molecule has 1 aromatic carbocycles. The van der Waals surface area contributed by atoms with Crippen molar-refractivity contribution in [2.24, 2.45) is 0 Å². The van der Waals surface area contributed by atoms with Crippen molar-refractivity contribution in [2.45, 2.75) is 31.4 Å². The first-order valence-electron chi connectivity index (χ1n) is 8.11. The summed E-state index contributed by atoms with van der Waals surface area (Å²) in [5.41, 5.74) is -0.954. The summed E-state index contributed by atoms with van der Waals surface area (Å²) in [6.45, 7) is -0.177. The zero-order valence-electron chi connectivity index (χ0n) is 13.8. The molecule has 3 rings (SSSR count). The van der Waals surface area contributed by atoms with Crippen molar-refractivity contribution in [3.63, 3.8) is 0 Å². The van der Waals surface area contributed by atoms with Gasteiger partial charge < -0.3 is 20.3 Å². The minimum atomic E-state index is -0.945. The summed E-state index contributed by atoms with van der Waals surface area (Å²) in [5.74, 6) is -0.638. The number of H-pyrrole nitrogens is 1. The van der Waals surface area contributed by atoms with Crippen LogP contribution in [0.2, 0.25) is 0 Å². The second-order valence-electron chi connectivity index (χ2n) is 5.99. The number of aliphatic hydroxyl groups excluding tert-OH is 2. The van der Waals surface area contributed by atoms with E-state index in [1.165, 1.54) is 0 Å². The lowest BCUT2D eigenvalue weighted by molar-refractivity contribution is -0.0459. The van der Waals surface area contributed by atoms with Crippen LogP contribution in [0.1, 0.15) is 28.6 Å². The standard InChI is InChI=1S/C17H19N3O6/c21-9-13-12(22)6-14(26-13)20-8-11(16(24)19-17(20)25)15(23)18-7-10-4-2-1-3-5-10/h1-5,8,12-14,21-22H,6-7,9H2,(H,18,23)(H,19,24,25)/t12-,13?,14-/m1/s1. The Morgan fingerprint density at radius 2 is 2.04 bits per heavy atom. The maximum atomic E-state index is 12.3. The molecule has 0 saturated carbocycles. The molecule has 1 fully saturated rings. The minimum absolute atomic E-state index is 0.0578. The van der Waals surface area contributed by atoms with Crippen LogP contribution in [0, 0.1) is 0 Å². The number of carbonyl (C=O) groups is 1. The van der Waals surface area contributed by atoms with Gasteiger partial charge in [0.1, 0.15) is 17.9 Å². The van der Waals surface area contributed by atoms with E-state index >= 15 is 0 Å². The number of hydrogen-bond donors (Lipinski definition) is 4. The molecule has 1 aromatic heterocycles. The number of aliphatic hydroxyl groups is 2. The van der Waals surface area contributed by atoms with Gasteiger partial charge in [0, 0.05) is 19.2 Å². The monoisotopic (exact) mass is 361 g/mol. The van der Waals surface area contributed by atoms with E-state index < -0.39 is 42.2 Å². The maximum Gasteiger partial charge on any atom is 0.330 e. The Labute approximate surface area is 147 Å². The number of rotatable bonds is 5. The quantitative estimate of drug-likeness (QED) is 0.546. The molecule has 1 amide bonds. The van der Waals surface area contributed by atoms with Crippen LogP contribution in [0.25, 0.3) is 0 Å². The highest BCUT2D eigenvalue weighted by Crippen LogP contribution is 2.27. The van der Waals surface area contributed by atoms with Crippen LogP contribution in [0.5, 0.6) is 0 Å². The molecule has 0 radical (unpaired) electrons. The molecule has 0 bridgehead atoms. The fourth-order valence-electron chi connectivity index (χ4n) is 2.78. The number of ether oxygens (including phenoxy) is 1. The van der Waals surface area contributed by atoms with Crippen LogP contribution >= 0.6 is 0 Å². The van der Waals surface area contributed by atoms with Gasteiger partial charge in [0.05, 0.1) is 12.7 Å². The third-order valence-corrected chi connectivity index (χ3v) is 4.20. The van der Waals surface area contributed by atoms with E-state index in [4.69, 9.17) is 9.84 Å². The highest BCUT2D eigenvalue weighted by atomic mass is 16.5. The molecule has 3 atom stereocenters. The predicted octanol–water partition coefficient (Wildman–Crippen LogP) is -0.893. The number of nitrogens with one attached hydrogen (secondary N) is 2. The molecule has 2 heterocycles. The zero-order valence-corrected chi connectivity index (χ0v) is 13.8. The van der Waals surface area contributed by atoms with E-state index in [9.17, 15) is 19.5 Å². The number of benzene rings is 1. The van der Waals surface area contributed by atoms with Crippen molar-refractivity contribution in [2.75, 3.05) is 6.61 Å². The summed E-state index contributed by atoms with van der Waals surface area (Å²) in [5, 5.41) is 21.6. The smallest absolute Gasteiger partial charge is 0.330 e. The van der Waals surface area contributed by atoms with Gasteiger partial charge >= 0.3 is 5.69 Å². The Balaban J connectivity index is 1.81. The highest BCUT2D eigenvalue weighted by molar-refractivity contribution is 5.93. The van der Waals surface area contributed by atoms with Crippen molar-refractivity contribution in [1.82, 2.24) is 14.9 Å². The van der Waals surface area contributed by atoms with Gasteiger partial charge in [-0.2, -0.15) is 0 Å². The average molecular weight is 361 g/mol. The molecule has 1 aliphatic heterocycles. The van der Waals surface area contributed by atoms with Gasteiger partial charge in [0.2, 0.25) is 0 Å². The summed E-state index contributed by atoms with van der Waals surface area (Å²) in [7, 11) is 0. The average Bonchev–Trinajstić information content (AvgIpc) is 3.01. The van der Waals surface area contributed by atoms with Gasteiger partial charge in [0.15, 0.2) is 0 Å². The van der Waals surface area contributed by atoms with Gasteiger partial charge in [-0.3, -0.25) is 19.1 Å². The molecule has 9 heteroatoms. The molecule has 0 spiro atoms. The van der Waals surface area contributed by atoms with Crippen molar-refractivity contribution in [3.8, 4) is 0 Å². The van der Waals surface area contributed by atoms with Gasteiger partial charge in [-0.05, 0) is 5.56 Å². The molecular weight excluding hydrogens is 342 g/mol. The van der Waals surface area contributed by atoms with Crippen molar-refractivity contribution in [1.29, 1.82) is 0 Å². The molecule has 0 aliphatic carbocycles. The second-order valence-corrected chi connectivity index (χ2v) is 5.99. The lowest BCUT2D eigenvalue weighted by Gasteiger charge is -2.15. The second kappa shape index (κ2) is 7.65. The SMILES string of the molecule is O=C(NCc1ccccc1)c1cn([C@H]2C[C@@H](O)C(CO)O2)c(=O)[nH]c1=O. The van der Waals surface area contributed by atoms with E-state index in [1.807, 2.05) is 30.3 Å². The first-order chi connectivity index (χ1) is 12.5. The number of hydrogen-bond acceptors (Lipinski definition) is 6. The normalized spacial score (nSPS) is 22.3. The van der Waals surface area contributed by atoms with Gasteiger partial charge in [-0.25, -0.2) is 4.79 Å². The molecule has 1 unspecified atom stereocenters. The first-order valence-corrected chi connectivity index (χ1v) is 8.11. The number of aromatic nitrogens is 2. The molecule has 4 N–H and O–H groups in total. The fraction of sp³-hybridized carbons (Fsp3) is 0.353. The van der Waals surface area contributed by atoms with Crippen LogP contribution in [-0.2, 0) is 11.3 Å². The van der Waals surface area contributed by atoms with Crippen molar-refractivity contribution >= 4 is 5.91 Å². The molecule has 1 aliphatic rings. The summed E-state index contributed by atoms with van der Waals surface area (Å²) in [4.78, 5) is 38.4. The molecular formula is C17H19N3O6. The summed E-state index contributed by atoms with van der Waals surface area (Å²) in [6.07, 6.45) is -1.48. The van der Waals surface area contributed by atoms with Crippen molar-refractivity contribution < 1.29 is 19.7 Å². The van der Waals surface area contributed by atoms with E-state index in [1.54, 1.807) is 0 Å². The summed E-state index contributed by atoms with van der Waals surface area (Å²) in [6, 6.07) is 9.16. The van der Waals surface area contributed by atoms with E-state index in [0.29, 0.717) is 0 Å². The third kappa shape index (κ3) is 3.74. The zero-order chi connectivity index (χ0) is 18.7. The van der Waals surface area contributed by atoms with Gasteiger partial charge in [-0.1, -0.05) is 30.3 Å². The Hall–Kier alpha value is -2.75. The topological polar surface area (TPSA) is 134 Å². The molecule has 1 saturated heterocycles. The van der Waals surface area contributed by atoms with E-state index in [-0.39, 0.29) is 18.5 Å². The fourth-order valence-corrected chi connectivity index (χ4v) is 2.78. The number of aromatic amines is 1. The largest absolute Gasteiger partial charge is 0.394 e. The van der Waals surface area contributed by atoms with Crippen molar-refractivity contribution in [3.05, 3.63) is 68.5 Å². The molecule has 138 valence electrons. The van der Waals surface area contributed by atoms with Gasteiger partial charge in [0.25, 0.3) is 11.5 Å². The Bertz CT molecular complexity index is 891. The molecule has 9 nitrogen and oxygen atoms in total. The Morgan fingerprint density at radius 1 is 1.31 bits per heavy atom. The van der Waals surface area contributed by atoms with Crippen LogP contribution < -0.4 is 16.6 Å². The van der Waals surface area contributed by atoms with Crippen LogP contribution in [0.15, 0.2) is 46.1 Å². The van der Waals surface area contributed by atoms with Crippen LogP contribution in [0.3, 0.4) is 0 Å². The van der Waals surface area contributed by atoms with E-state index in [0.717, 1.165) is 16.3 Å². The van der Waals surface area contributed by atoms with Gasteiger partial charge in [-0.15, -0.1) is 0 Å². The summed E-state index contributed by atoms with van der Waals surface area (Å²) < 4.78 is 6.44. The molecule has 2 aromatic rings. The molecule has 26 heavy (non-hydrogen) atoms. The number of amides is 1. The first kappa shape index (κ1) is 18.1. The number of carbonyl (C=O) groups excluding carboxylic acids is 1. The van der Waals surface area contributed by atoms with Crippen LogP contribution in [0.4, 0.5) is 0 Å². The van der Waals surface area contributed by atoms with E-state index in [2.05, 4.69) is 10.3 Å². The lowest BCUT2D eigenvalue weighted by Crippen LogP contribution is -2.38. The maximum absolute atomic E-state index is 12.3. The Kier molecular flexibility index (Phi) is 5.31. The third-order valence-electron chi connectivity index (χ3n) is 4.20. The number of nitrogens with zero attached hydrogens (tertiary/aromatic N) is 1. The minimum Gasteiger partial charge on any atom is -0.394 e.